The maximum absolute atomic E-state index is 12.4. The van der Waals surface area contributed by atoms with Gasteiger partial charge in [-0.25, -0.2) is 0 Å². The number of amides is 1. The Morgan fingerprint density at radius 3 is 2.67 bits per heavy atom. The summed E-state index contributed by atoms with van der Waals surface area (Å²) in [5.41, 5.74) is 7.99. The molecule has 2 aromatic rings. The van der Waals surface area contributed by atoms with Crippen LogP contribution in [0.2, 0.25) is 5.02 Å². The molecule has 24 heavy (non-hydrogen) atoms. The molecule has 0 aliphatic heterocycles. The molecule has 0 aromatic heterocycles. The first-order valence-electron chi connectivity index (χ1n) is 7.32. The smallest absolute Gasteiger partial charge is 0.253 e. The summed E-state index contributed by atoms with van der Waals surface area (Å²) in [5.74, 6) is 0.366. The zero-order valence-electron chi connectivity index (χ0n) is 13.6. The van der Waals surface area contributed by atoms with Gasteiger partial charge in [-0.2, -0.15) is 0 Å². The molecular weight excluding hydrogens is 330 g/mol. The Balaban J connectivity index is 2.30. The summed E-state index contributed by atoms with van der Waals surface area (Å²) < 4.78 is 10.2. The Hall–Kier alpha value is -2.44. The predicted octanol–water partition coefficient (Wildman–Crippen LogP) is 3.05. The number of anilines is 3. The lowest BCUT2D eigenvalue weighted by Crippen LogP contribution is -2.27. The maximum Gasteiger partial charge on any atom is 0.253 e. The Morgan fingerprint density at radius 2 is 1.96 bits per heavy atom. The average Bonchev–Trinajstić information content (AvgIpc) is 2.57. The van der Waals surface area contributed by atoms with Gasteiger partial charge < -0.3 is 25.8 Å². The molecule has 0 spiro atoms. The average molecular weight is 350 g/mol. The SMILES string of the molecule is COCCNC(=O)c1cc(N)ccc1Nc1cc(Cl)ccc1OC. The second-order valence-corrected chi connectivity index (χ2v) is 5.46. The van der Waals surface area contributed by atoms with Crippen molar-refractivity contribution in [2.45, 2.75) is 0 Å². The monoisotopic (exact) mass is 349 g/mol. The highest BCUT2D eigenvalue weighted by Gasteiger charge is 2.14. The molecule has 0 saturated heterocycles. The number of benzene rings is 2. The van der Waals surface area contributed by atoms with Crippen LogP contribution < -0.4 is 21.1 Å². The third-order valence-electron chi connectivity index (χ3n) is 3.31. The van der Waals surface area contributed by atoms with Crippen molar-refractivity contribution in [3.8, 4) is 5.75 Å². The number of nitrogens with one attached hydrogen (secondary N) is 2. The molecule has 0 aliphatic rings. The van der Waals surface area contributed by atoms with Crippen LogP contribution in [-0.2, 0) is 4.74 Å². The molecule has 0 atom stereocenters. The van der Waals surface area contributed by atoms with Gasteiger partial charge in [-0.05, 0) is 36.4 Å². The van der Waals surface area contributed by atoms with Gasteiger partial charge >= 0.3 is 0 Å². The topological polar surface area (TPSA) is 85.6 Å². The van der Waals surface area contributed by atoms with Gasteiger partial charge in [-0.15, -0.1) is 0 Å². The molecule has 0 unspecified atom stereocenters. The number of halogens is 1. The Morgan fingerprint density at radius 1 is 1.17 bits per heavy atom. The highest BCUT2D eigenvalue weighted by Crippen LogP contribution is 2.32. The van der Waals surface area contributed by atoms with Crippen LogP contribution in [0.5, 0.6) is 5.75 Å². The fourth-order valence-electron chi connectivity index (χ4n) is 2.14. The minimum Gasteiger partial charge on any atom is -0.495 e. The quantitative estimate of drug-likeness (QED) is 0.528. The zero-order chi connectivity index (χ0) is 17.5. The third kappa shape index (κ3) is 4.53. The predicted molar refractivity (Wildman–Crippen MR) is 96.4 cm³/mol. The van der Waals surface area contributed by atoms with Gasteiger partial charge in [0.1, 0.15) is 5.75 Å². The van der Waals surface area contributed by atoms with E-state index in [2.05, 4.69) is 10.6 Å². The number of hydrogen-bond donors (Lipinski definition) is 3. The minimum absolute atomic E-state index is 0.247. The van der Waals surface area contributed by atoms with E-state index in [4.69, 9.17) is 26.8 Å². The molecule has 2 rings (SSSR count). The van der Waals surface area contributed by atoms with Gasteiger partial charge in [-0.1, -0.05) is 11.6 Å². The van der Waals surface area contributed by atoms with Crippen molar-refractivity contribution in [2.24, 2.45) is 0 Å². The summed E-state index contributed by atoms with van der Waals surface area (Å²) in [7, 11) is 3.14. The standard InChI is InChI=1S/C17H20ClN3O3/c1-23-8-7-20-17(22)13-10-12(19)4-5-14(13)21-15-9-11(18)3-6-16(15)24-2/h3-6,9-10,21H,7-8,19H2,1-2H3,(H,20,22). The van der Waals surface area contributed by atoms with Gasteiger partial charge in [0.2, 0.25) is 0 Å². The highest BCUT2D eigenvalue weighted by atomic mass is 35.5. The second kappa shape index (κ2) is 8.42. The fraction of sp³-hybridized carbons (Fsp3) is 0.235. The number of carbonyl (C=O) groups excluding carboxylic acids is 1. The molecule has 0 bridgehead atoms. The molecule has 0 aliphatic carbocycles. The molecule has 6 nitrogen and oxygen atoms in total. The Bertz CT molecular complexity index is 722. The van der Waals surface area contributed by atoms with E-state index in [1.54, 1.807) is 50.6 Å². The second-order valence-electron chi connectivity index (χ2n) is 5.02. The van der Waals surface area contributed by atoms with Crippen LogP contribution in [0.1, 0.15) is 10.4 Å². The van der Waals surface area contributed by atoms with Crippen molar-refractivity contribution in [3.63, 3.8) is 0 Å². The molecule has 0 heterocycles. The van der Waals surface area contributed by atoms with Crippen molar-refractivity contribution < 1.29 is 14.3 Å². The number of nitrogens with two attached hydrogens (primary N) is 1. The van der Waals surface area contributed by atoms with Crippen molar-refractivity contribution >= 4 is 34.6 Å². The number of ether oxygens (including phenoxy) is 2. The maximum atomic E-state index is 12.4. The normalized spacial score (nSPS) is 10.3. The summed E-state index contributed by atoms with van der Waals surface area (Å²) >= 11 is 6.04. The lowest BCUT2D eigenvalue weighted by molar-refractivity contribution is 0.0938. The first-order chi connectivity index (χ1) is 11.5. The lowest BCUT2D eigenvalue weighted by Gasteiger charge is -2.15. The van der Waals surface area contributed by atoms with Crippen LogP contribution in [0.4, 0.5) is 17.1 Å². The Kier molecular flexibility index (Phi) is 6.28. The van der Waals surface area contributed by atoms with Gasteiger partial charge in [0.25, 0.3) is 5.91 Å². The van der Waals surface area contributed by atoms with Crippen LogP contribution >= 0.6 is 11.6 Å². The molecule has 1 amide bonds. The van der Waals surface area contributed by atoms with Crippen molar-refractivity contribution in [1.82, 2.24) is 5.32 Å². The zero-order valence-corrected chi connectivity index (χ0v) is 14.3. The van der Waals surface area contributed by atoms with Crippen molar-refractivity contribution in [2.75, 3.05) is 38.4 Å². The molecule has 0 fully saturated rings. The van der Waals surface area contributed by atoms with Gasteiger partial charge in [0.15, 0.2) is 0 Å². The van der Waals surface area contributed by atoms with Crippen LogP contribution in [0.15, 0.2) is 36.4 Å². The van der Waals surface area contributed by atoms with Crippen LogP contribution in [0.25, 0.3) is 0 Å². The van der Waals surface area contributed by atoms with Gasteiger partial charge in [-0.3, -0.25) is 4.79 Å². The number of rotatable bonds is 7. The van der Waals surface area contributed by atoms with Crippen molar-refractivity contribution in [3.05, 3.63) is 47.0 Å². The summed E-state index contributed by atoms with van der Waals surface area (Å²) in [4.78, 5) is 12.4. The summed E-state index contributed by atoms with van der Waals surface area (Å²) in [6.07, 6.45) is 0. The van der Waals surface area contributed by atoms with E-state index in [1.807, 2.05) is 0 Å². The van der Waals surface area contributed by atoms with Crippen LogP contribution in [0.3, 0.4) is 0 Å². The number of carbonyl (C=O) groups is 1. The van der Waals surface area contributed by atoms with E-state index in [9.17, 15) is 4.79 Å². The van der Waals surface area contributed by atoms with Crippen molar-refractivity contribution in [1.29, 1.82) is 0 Å². The number of methoxy groups -OCH3 is 2. The number of hydrogen-bond acceptors (Lipinski definition) is 5. The first kappa shape index (κ1) is 17.9. The highest BCUT2D eigenvalue weighted by molar-refractivity contribution is 6.31. The van der Waals surface area contributed by atoms with E-state index in [0.29, 0.717) is 46.5 Å². The van der Waals surface area contributed by atoms with E-state index in [1.165, 1.54) is 0 Å². The minimum atomic E-state index is -0.247. The van der Waals surface area contributed by atoms with Gasteiger partial charge in [0.05, 0.1) is 30.7 Å². The largest absolute Gasteiger partial charge is 0.495 e. The lowest BCUT2D eigenvalue weighted by atomic mass is 10.1. The summed E-state index contributed by atoms with van der Waals surface area (Å²) in [6, 6.07) is 10.3. The van der Waals surface area contributed by atoms with Gasteiger partial charge in [0, 0.05) is 24.4 Å². The van der Waals surface area contributed by atoms with E-state index >= 15 is 0 Å². The Labute approximate surface area is 145 Å². The summed E-state index contributed by atoms with van der Waals surface area (Å²) in [5, 5.41) is 6.51. The first-order valence-corrected chi connectivity index (χ1v) is 7.70. The molecule has 128 valence electrons. The molecule has 2 aromatic carbocycles. The molecule has 0 saturated carbocycles. The fourth-order valence-corrected chi connectivity index (χ4v) is 2.32. The van der Waals surface area contributed by atoms with E-state index in [0.717, 1.165) is 0 Å². The van der Waals surface area contributed by atoms with E-state index < -0.39 is 0 Å². The molecule has 0 radical (unpaired) electrons. The van der Waals surface area contributed by atoms with Crippen LogP contribution in [0, 0.1) is 0 Å². The molecular formula is C17H20ClN3O3. The third-order valence-corrected chi connectivity index (χ3v) is 3.55. The summed E-state index contributed by atoms with van der Waals surface area (Å²) in [6.45, 7) is 0.836. The van der Waals surface area contributed by atoms with E-state index in [-0.39, 0.29) is 5.91 Å². The number of nitrogen functional groups attached to an aromatic ring is 1. The van der Waals surface area contributed by atoms with Crippen LogP contribution in [-0.4, -0.2) is 33.3 Å². The molecule has 4 N–H and O–H groups in total. The molecule has 7 heteroatoms.